The fourth-order valence-corrected chi connectivity index (χ4v) is 8.81. The fraction of sp³-hybridized carbons (Fsp3) is 0.439. The number of nitrogens with zero attached hydrogens (tertiary/aromatic N) is 1. The third-order valence-corrected chi connectivity index (χ3v) is 11.4. The monoisotopic (exact) mass is 754 g/mol. The van der Waals surface area contributed by atoms with Gasteiger partial charge in [-0.3, -0.25) is 19.4 Å². The molecule has 4 heterocycles. The number of aliphatic imine (C=N–C) groups is 1. The lowest BCUT2D eigenvalue weighted by Crippen LogP contribution is -3.14. The zero-order valence-corrected chi connectivity index (χ0v) is 30.7. The summed E-state index contributed by atoms with van der Waals surface area (Å²) in [6.45, 7) is 7.65. The number of carbonyl (C=O) groups is 3. The van der Waals surface area contributed by atoms with Crippen LogP contribution in [-0.4, -0.2) is 96.8 Å². The van der Waals surface area contributed by atoms with Crippen molar-refractivity contribution >= 4 is 23.2 Å². The van der Waals surface area contributed by atoms with Gasteiger partial charge in [0.25, 0.3) is 5.56 Å². The number of quaternary nitrogens is 1. The van der Waals surface area contributed by atoms with Crippen LogP contribution in [0.3, 0.4) is 0 Å². The first-order valence-electron chi connectivity index (χ1n) is 18.8. The average molecular weight is 755 g/mol. The van der Waals surface area contributed by atoms with Crippen molar-refractivity contribution in [3.8, 4) is 17.2 Å². The highest BCUT2D eigenvalue weighted by molar-refractivity contribution is 6.20. The molecule has 1 saturated heterocycles. The van der Waals surface area contributed by atoms with Gasteiger partial charge in [0, 0.05) is 47.3 Å². The van der Waals surface area contributed by atoms with Crippen LogP contribution in [-0.2, 0) is 24.6 Å². The van der Waals surface area contributed by atoms with Gasteiger partial charge in [0.05, 0.1) is 48.6 Å². The van der Waals surface area contributed by atoms with Crippen LogP contribution in [0.4, 0.5) is 0 Å². The van der Waals surface area contributed by atoms with Crippen LogP contribution < -0.4 is 19.9 Å². The van der Waals surface area contributed by atoms with Gasteiger partial charge in [-0.1, -0.05) is 36.5 Å². The van der Waals surface area contributed by atoms with Gasteiger partial charge in [-0.15, -0.1) is 0 Å². The second-order valence-electron chi connectivity index (χ2n) is 14.7. The van der Waals surface area contributed by atoms with Crippen molar-refractivity contribution in [2.45, 2.75) is 57.0 Å². The van der Waals surface area contributed by atoms with E-state index < -0.39 is 70.2 Å². The molecule has 0 radical (unpaired) electrons. The number of aromatic amines is 1. The van der Waals surface area contributed by atoms with E-state index in [4.69, 9.17) is 28.7 Å². The van der Waals surface area contributed by atoms with Crippen LogP contribution >= 0.6 is 0 Å². The van der Waals surface area contributed by atoms with E-state index >= 15 is 0 Å². The molecule has 288 valence electrons. The first-order valence-corrected chi connectivity index (χ1v) is 18.8. The molecule has 0 amide bonds. The minimum atomic E-state index is -2.63. The highest BCUT2D eigenvalue weighted by Crippen LogP contribution is 2.62. The van der Waals surface area contributed by atoms with Crippen molar-refractivity contribution in [2.75, 3.05) is 46.2 Å². The molecule has 6 atom stereocenters. The van der Waals surface area contributed by atoms with Crippen molar-refractivity contribution in [3.63, 3.8) is 0 Å². The quantitative estimate of drug-likeness (QED) is 0.102. The Morgan fingerprint density at radius 1 is 1.13 bits per heavy atom. The Hall–Kier alpha value is -5.15. The number of hydrogen-bond donors (Lipinski definition) is 4. The number of rotatable bonds is 8. The number of aromatic nitrogens is 1. The summed E-state index contributed by atoms with van der Waals surface area (Å²) < 4.78 is 30.2. The fourth-order valence-electron chi connectivity index (χ4n) is 8.81. The Balaban J connectivity index is 1.24. The molecule has 55 heavy (non-hydrogen) atoms. The van der Waals surface area contributed by atoms with E-state index in [1.54, 1.807) is 31.2 Å². The van der Waals surface area contributed by atoms with Crippen molar-refractivity contribution in [3.05, 3.63) is 98.5 Å². The largest absolute Gasteiger partial charge is 0.507 e. The first-order chi connectivity index (χ1) is 26.6. The molecule has 3 aliphatic carbocycles. The lowest BCUT2D eigenvalue weighted by Gasteiger charge is -2.48. The summed E-state index contributed by atoms with van der Waals surface area (Å²) in [6, 6.07) is 1.43. The van der Waals surface area contributed by atoms with E-state index in [1.165, 1.54) is 17.0 Å². The van der Waals surface area contributed by atoms with Crippen LogP contribution in [0.25, 0.3) is 0 Å². The summed E-state index contributed by atoms with van der Waals surface area (Å²) in [6.07, 6.45) is 12.2. The maximum Gasteiger partial charge on any atom is 0.331 e. The number of aromatic hydroxyl groups is 1. The van der Waals surface area contributed by atoms with E-state index in [-0.39, 0.29) is 47.0 Å². The zero-order valence-electron chi connectivity index (χ0n) is 30.7. The number of morpholine rings is 1. The number of allylic oxidation sites excluding steroid dienone is 6. The van der Waals surface area contributed by atoms with Crippen LogP contribution in [0, 0.1) is 18.8 Å². The number of carbonyl (C=O) groups excluding carboxylic acids is 3. The molecule has 0 bridgehead atoms. The third-order valence-electron chi connectivity index (χ3n) is 11.4. The Labute approximate surface area is 316 Å². The van der Waals surface area contributed by atoms with Gasteiger partial charge in [0.15, 0.2) is 35.8 Å². The molecule has 3 aliphatic heterocycles. The van der Waals surface area contributed by atoms with Gasteiger partial charge >= 0.3 is 5.97 Å². The molecule has 4 N–H and O–H groups in total. The summed E-state index contributed by atoms with van der Waals surface area (Å²) in [4.78, 5) is 63.8. The number of H-pyrrole nitrogens is 1. The SMILES string of the molecule is C/C=C/C=C/C=C/C(=O)O[C@@H]1C=CC[C@H]2C(=NCCC[NH+]3CCOCC3)c3c(O)c4c5c(c3O[C@H]12)OCO[C@@H]5C[C@@H]1C(=O)c2cc(C)[nH]c(=O)c2C(=O)[C@]41O. The smallest absolute Gasteiger partial charge is 0.331 e. The van der Waals surface area contributed by atoms with Crippen LogP contribution in [0.2, 0.25) is 0 Å². The number of Topliss-reactive ketones (excluding diaryl/α,β-unsaturated/α-hetero) is 2. The number of nitrogens with one attached hydrogen (secondary N) is 2. The number of benzene rings is 1. The molecular weight excluding hydrogens is 710 g/mol. The van der Waals surface area contributed by atoms with E-state index in [2.05, 4.69) is 4.98 Å². The Morgan fingerprint density at radius 3 is 2.73 bits per heavy atom. The minimum Gasteiger partial charge on any atom is -0.507 e. The third kappa shape index (κ3) is 6.26. The van der Waals surface area contributed by atoms with E-state index in [9.17, 15) is 29.4 Å². The number of aliphatic hydroxyl groups is 1. The standard InChI is InChI=1S/C41H43N3O11/c1-3-4-5-6-7-12-28(45)54-26-11-8-10-23-33(42-13-9-14-44-15-17-51-18-16-44)31-35(47)32-30-27(52-21-53-37(30)38(31)55-36(23)26)20-25-34(46)24-19-22(2)43-40(49)29(24)39(48)41(25,32)50/h3-8,11-12,19,23,25-27,36,47,50H,9-10,13-18,20-21H2,1-2H3,(H,43,49)/p+1/b4-3+,6-5+,12-7+,42-33?/t23-,25+,26+,27+,36-,41+/m0/s1. The van der Waals surface area contributed by atoms with Gasteiger partial charge in [0.1, 0.15) is 24.9 Å². The van der Waals surface area contributed by atoms with E-state index in [1.807, 2.05) is 25.2 Å². The molecule has 14 heteroatoms. The Morgan fingerprint density at radius 2 is 1.93 bits per heavy atom. The number of phenolic OH excluding ortho intramolecular Hbond substituents is 1. The van der Waals surface area contributed by atoms with Gasteiger partial charge < -0.3 is 43.8 Å². The number of phenols is 1. The number of hydrogen-bond acceptors (Lipinski definition) is 12. The normalized spacial score (nSPS) is 29.1. The highest BCUT2D eigenvalue weighted by atomic mass is 16.7. The van der Waals surface area contributed by atoms with Crippen LogP contribution in [0.15, 0.2) is 64.5 Å². The number of fused-ring (bicyclic) bond motifs is 6. The average Bonchev–Trinajstić information content (AvgIpc) is 3.17. The lowest BCUT2D eigenvalue weighted by molar-refractivity contribution is -0.908. The van der Waals surface area contributed by atoms with Crippen molar-refractivity contribution in [1.29, 1.82) is 0 Å². The highest BCUT2D eigenvalue weighted by Gasteiger charge is 2.63. The summed E-state index contributed by atoms with van der Waals surface area (Å²) >= 11 is 0. The molecule has 1 aromatic carbocycles. The van der Waals surface area contributed by atoms with Crippen LogP contribution in [0.5, 0.6) is 17.2 Å². The molecule has 0 saturated carbocycles. The zero-order chi connectivity index (χ0) is 38.4. The number of aryl methyl sites for hydroxylation is 1. The molecule has 2 aromatic rings. The molecular formula is C41H44N3O11+. The van der Waals surface area contributed by atoms with Crippen molar-refractivity contribution in [2.24, 2.45) is 16.8 Å². The Kier molecular flexibility index (Phi) is 9.92. The molecule has 8 rings (SSSR count). The van der Waals surface area contributed by atoms with E-state index in [0.717, 1.165) is 26.1 Å². The van der Waals surface area contributed by atoms with Gasteiger partial charge in [-0.05, 0) is 38.8 Å². The lowest BCUT2D eigenvalue weighted by atomic mass is 9.60. The van der Waals surface area contributed by atoms with Gasteiger partial charge in [-0.2, -0.15) is 0 Å². The predicted molar refractivity (Wildman–Crippen MR) is 197 cm³/mol. The summed E-state index contributed by atoms with van der Waals surface area (Å²) in [5.41, 5.74) is -3.17. The van der Waals surface area contributed by atoms with E-state index in [0.29, 0.717) is 37.6 Å². The minimum absolute atomic E-state index is 0.0804. The molecule has 6 aliphatic rings. The molecule has 1 aromatic heterocycles. The van der Waals surface area contributed by atoms with Crippen LogP contribution in [0.1, 0.15) is 75.4 Å². The maximum atomic E-state index is 14.4. The topological polar surface area (TPSA) is 187 Å². The second kappa shape index (κ2) is 14.8. The summed E-state index contributed by atoms with van der Waals surface area (Å²) in [5.74, 6) is -4.36. The Bertz CT molecular complexity index is 2140. The summed E-state index contributed by atoms with van der Waals surface area (Å²) in [7, 11) is 0. The number of esters is 1. The molecule has 14 nitrogen and oxygen atoms in total. The second-order valence-corrected chi connectivity index (χ2v) is 14.7. The molecule has 0 unspecified atom stereocenters. The predicted octanol–water partition coefficient (Wildman–Crippen LogP) is 2.11. The maximum absolute atomic E-state index is 14.4. The number of ketones is 2. The van der Waals surface area contributed by atoms with Gasteiger partial charge in [0.2, 0.25) is 5.78 Å². The molecule has 0 spiro atoms. The summed E-state index contributed by atoms with van der Waals surface area (Å²) in [5, 5.41) is 25.1. The number of ether oxygens (including phenoxy) is 5. The first kappa shape index (κ1) is 36.8. The van der Waals surface area contributed by atoms with Crippen molar-refractivity contribution in [1.82, 2.24) is 4.98 Å². The van der Waals surface area contributed by atoms with Gasteiger partial charge in [-0.25, -0.2) is 4.79 Å². The molecule has 1 fully saturated rings. The number of pyridine rings is 1. The van der Waals surface area contributed by atoms with Crippen molar-refractivity contribution < 1.29 is 53.2 Å².